The summed E-state index contributed by atoms with van der Waals surface area (Å²) in [6.45, 7) is 2.14. The number of hydrogen-bond acceptors (Lipinski definition) is 0. The Balaban J connectivity index is 1.88. The molecule has 0 nitrogen and oxygen atoms in total. The predicted octanol–water partition coefficient (Wildman–Crippen LogP) is 4.41. The van der Waals surface area contributed by atoms with Crippen molar-refractivity contribution in [2.45, 2.75) is 32.1 Å². The first kappa shape index (κ1) is 11.5. The second-order valence-electron chi connectivity index (χ2n) is 5.26. The van der Waals surface area contributed by atoms with Gasteiger partial charge in [-0.2, -0.15) is 0 Å². The van der Waals surface area contributed by atoms with Gasteiger partial charge in [-0.15, -0.1) is 0 Å². The Labute approximate surface area is 107 Å². The largest absolute Gasteiger partial charge is 0.207 e. The lowest BCUT2D eigenvalue weighted by molar-refractivity contribution is 0.580. The number of benzene rings is 2. The third kappa shape index (κ3) is 2.17. The van der Waals surface area contributed by atoms with E-state index in [0.29, 0.717) is 5.92 Å². The van der Waals surface area contributed by atoms with Crippen molar-refractivity contribution in [2.24, 2.45) is 0 Å². The van der Waals surface area contributed by atoms with Crippen LogP contribution in [0.25, 0.3) is 0 Å². The minimum absolute atomic E-state index is 0.147. The van der Waals surface area contributed by atoms with Gasteiger partial charge in [0.15, 0.2) is 0 Å². The molecule has 0 aromatic heterocycles. The summed E-state index contributed by atoms with van der Waals surface area (Å²) in [5, 5.41) is 0. The van der Waals surface area contributed by atoms with Gasteiger partial charge in [0.25, 0.3) is 0 Å². The molecular formula is C17H17F. The van der Waals surface area contributed by atoms with Crippen LogP contribution < -0.4 is 0 Å². The van der Waals surface area contributed by atoms with Crippen LogP contribution in [0.2, 0.25) is 0 Å². The van der Waals surface area contributed by atoms with Crippen LogP contribution >= 0.6 is 0 Å². The van der Waals surface area contributed by atoms with Crippen LogP contribution in [0.3, 0.4) is 0 Å². The third-order valence-corrected chi connectivity index (χ3v) is 3.93. The minimum Gasteiger partial charge on any atom is -0.207 e. The third-order valence-electron chi connectivity index (χ3n) is 3.93. The monoisotopic (exact) mass is 240 g/mol. The first-order valence-corrected chi connectivity index (χ1v) is 6.56. The molecule has 3 rings (SSSR count). The van der Waals surface area contributed by atoms with Gasteiger partial charge in [0, 0.05) is 0 Å². The van der Waals surface area contributed by atoms with Crippen molar-refractivity contribution in [1.82, 2.24) is 0 Å². The van der Waals surface area contributed by atoms with Gasteiger partial charge in [-0.05, 0) is 60.9 Å². The van der Waals surface area contributed by atoms with Crippen LogP contribution in [0, 0.1) is 12.7 Å². The Morgan fingerprint density at radius 3 is 2.56 bits per heavy atom. The molecule has 1 heteroatoms. The molecule has 1 unspecified atom stereocenters. The fourth-order valence-electron chi connectivity index (χ4n) is 2.91. The Morgan fingerprint density at radius 1 is 1.00 bits per heavy atom. The highest BCUT2D eigenvalue weighted by atomic mass is 19.1. The smallest absolute Gasteiger partial charge is 0.123 e. The molecule has 0 saturated heterocycles. The molecule has 92 valence electrons. The van der Waals surface area contributed by atoms with E-state index >= 15 is 0 Å². The van der Waals surface area contributed by atoms with E-state index < -0.39 is 0 Å². The molecule has 18 heavy (non-hydrogen) atoms. The molecule has 0 amide bonds. The molecule has 0 spiro atoms. The van der Waals surface area contributed by atoms with E-state index in [1.807, 2.05) is 12.1 Å². The summed E-state index contributed by atoms with van der Waals surface area (Å²) in [5.74, 6) is 0.394. The zero-order valence-electron chi connectivity index (χ0n) is 10.6. The lowest BCUT2D eigenvalue weighted by Gasteiger charge is -2.25. The van der Waals surface area contributed by atoms with Gasteiger partial charge in [-0.3, -0.25) is 0 Å². The fourth-order valence-corrected chi connectivity index (χ4v) is 2.91. The van der Waals surface area contributed by atoms with E-state index in [-0.39, 0.29) is 5.82 Å². The number of rotatable bonds is 1. The van der Waals surface area contributed by atoms with Crippen LogP contribution in [0.1, 0.15) is 34.6 Å². The first-order valence-electron chi connectivity index (χ1n) is 6.56. The van der Waals surface area contributed by atoms with Crippen LogP contribution in [0.4, 0.5) is 4.39 Å². The van der Waals surface area contributed by atoms with Crippen molar-refractivity contribution in [1.29, 1.82) is 0 Å². The van der Waals surface area contributed by atoms with E-state index in [1.165, 1.54) is 28.7 Å². The molecule has 1 atom stereocenters. The molecule has 1 aliphatic rings. The molecule has 0 radical (unpaired) electrons. The highest BCUT2D eigenvalue weighted by molar-refractivity contribution is 5.36. The maximum absolute atomic E-state index is 12.9. The maximum atomic E-state index is 12.9. The minimum atomic E-state index is -0.147. The van der Waals surface area contributed by atoms with Crippen LogP contribution in [0.5, 0.6) is 0 Å². The zero-order chi connectivity index (χ0) is 12.5. The lowest BCUT2D eigenvalue weighted by atomic mass is 9.80. The molecule has 0 fully saturated rings. The average Bonchev–Trinajstić information content (AvgIpc) is 2.38. The van der Waals surface area contributed by atoms with Gasteiger partial charge in [-0.1, -0.05) is 35.9 Å². The van der Waals surface area contributed by atoms with Crippen LogP contribution in [-0.2, 0) is 12.8 Å². The zero-order valence-corrected chi connectivity index (χ0v) is 10.6. The SMILES string of the molecule is Cc1ccc2c(c1)CC(c1ccc(F)cc1)CC2. The summed E-state index contributed by atoms with van der Waals surface area (Å²) < 4.78 is 12.9. The Hall–Kier alpha value is -1.63. The van der Waals surface area contributed by atoms with Crippen molar-refractivity contribution < 1.29 is 4.39 Å². The average molecular weight is 240 g/mol. The topological polar surface area (TPSA) is 0 Å². The van der Waals surface area contributed by atoms with E-state index in [9.17, 15) is 4.39 Å². The van der Waals surface area contributed by atoms with Crippen molar-refractivity contribution in [3.63, 3.8) is 0 Å². The van der Waals surface area contributed by atoms with Gasteiger partial charge in [-0.25, -0.2) is 4.39 Å². The molecule has 0 saturated carbocycles. The van der Waals surface area contributed by atoms with E-state index in [2.05, 4.69) is 25.1 Å². The first-order chi connectivity index (χ1) is 8.72. The highest BCUT2D eigenvalue weighted by Crippen LogP contribution is 2.33. The second-order valence-corrected chi connectivity index (χ2v) is 5.26. The van der Waals surface area contributed by atoms with E-state index in [0.717, 1.165) is 12.8 Å². The summed E-state index contributed by atoms with van der Waals surface area (Å²) >= 11 is 0. The van der Waals surface area contributed by atoms with Crippen molar-refractivity contribution in [3.8, 4) is 0 Å². The standard InChI is InChI=1S/C17H17F/c1-12-2-3-14-4-5-15(11-16(14)10-12)13-6-8-17(18)9-7-13/h2-3,6-10,15H,4-5,11H2,1H3. The summed E-state index contributed by atoms with van der Waals surface area (Å²) in [4.78, 5) is 0. The van der Waals surface area contributed by atoms with Gasteiger partial charge in [0.2, 0.25) is 0 Å². The number of hydrogen-bond donors (Lipinski definition) is 0. The lowest BCUT2D eigenvalue weighted by Crippen LogP contribution is -2.12. The summed E-state index contributed by atoms with van der Waals surface area (Å²) in [6.07, 6.45) is 3.39. The van der Waals surface area contributed by atoms with Crippen molar-refractivity contribution in [3.05, 3.63) is 70.5 Å². The molecule has 0 heterocycles. The molecule has 1 aliphatic carbocycles. The van der Waals surface area contributed by atoms with Gasteiger partial charge in [0.1, 0.15) is 5.82 Å². The fraction of sp³-hybridized carbons (Fsp3) is 0.294. The Bertz CT molecular complexity index is 554. The molecule has 0 aliphatic heterocycles. The predicted molar refractivity (Wildman–Crippen MR) is 72.3 cm³/mol. The molecule has 0 bridgehead atoms. The maximum Gasteiger partial charge on any atom is 0.123 e. The van der Waals surface area contributed by atoms with E-state index in [4.69, 9.17) is 0 Å². The van der Waals surface area contributed by atoms with Crippen molar-refractivity contribution in [2.75, 3.05) is 0 Å². The normalized spacial score (nSPS) is 18.4. The van der Waals surface area contributed by atoms with Gasteiger partial charge in [0.05, 0.1) is 0 Å². The van der Waals surface area contributed by atoms with E-state index in [1.54, 1.807) is 12.1 Å². The number of halogens is 1. The molecule has 0 N–H and O–H groups in total. The highest BCUT2D eigenvalue weighted by Gasteiger charge is 2.19. The Morgan fingerprint density at radius 2 is 1.78 bits per heavy atom. The van der Waals surface area contributed by atoms with Crippen LogP contribution in [-0.4, -0.2) is 0 Å². The summed E-state index contributed by atoms with van der Waals surface area (Å²) in [6, 6.07) is 13.7. The summed E-state index contributed by atoms with van der Waals surface area (Å²) in [7, 11) is 0. The molecular weight excluding hydrogens is 223 g/mol. The van der Waals surface area contributed by atoms with Gasteiger partial charge < -0.3 is 0 Å². The summed E-state index contributed by atoms with van der Waals surface area (Å²) in [5.41, 5.74) is 5.55. The number of fused-ring (bicyclic) bond motifs is 1. The van der Waals surface area contributed by atoms with Crippen LogP contribution in [0.15, 0.2) is 42.5 Å². The molecule has 2 aromatic rings. The number of aryl methyl sites for hydroxylation is 2. The van der Waals surface area contributed by atoms with Gasteiger partial charge >= 0.3 is 0 Å². The Kier molecular flexibility index (Phi) is 2.91. The molecule has 2 aromatic carbocycles. The second kappa shape index (κ2) is 4.56. The quantitative estimate of drug-likeness (QED) is 0.692. The van der Waals surface area contributed by atoms with Crippen molar-refractivity contribution >= 4 is 0 Å².